The molecule has 0 saturated heterocycles. The molecule has 0 spiro atoms. The average molecular weight is 450 g/mol. The summed E-state index contributed by atoms with van der Waals surface area (Å²) >= 11 is 7.78. The Hall–Kier alpha value is -2.76. The number of rotatable bonds is 4. The van der Waals surface area contributed by atoms with E-state index in [4.69, 9.17) is 16.6 Å². The van der Waals surface area contributed by atoms with Crippen LogP contribution < -0.4 is 4.90 Å². The highest BCUT2D eigenvalue weighted by molar-refractivity contribution is 7.22. The lowest BCUT2D eigenvalue weighted by atomic mass is 9.86. The second kappa shape index (κ2) is 8.40. The number of halogens is 1. The molecule has 0 unspecified atom stereocenters. The van der Waals surface area contributed by atoms with Gasteiger partial charge in [0.25, 0.3) is 5.91 Å². The maximum atomic E-state index is 13.6. The largest absolute Gasteiger partial charge is 0.278 e. The van der Waals surface area contributed by atoms with Crippen molar-refractivity contribution in [3.05, 3.63) is 88.2 Å². The lowest BCUT2D eigenvalue weighted by molar-refractivity contribution is 0.0984. The third kappa shape index (κ3) is 4.48. The van der Waals surface area contributed by atoms with Gasteiger partial charge in [-0.1, -0.05) is 61.9 Å². The third-order valence-corrected chi connectivity index (χ3v) is 6.71. The minimum absolute atomic E-state index is 0.0268. The molecular formula is C25H24ClN3OS. The first-order valence-electron chi connectivity index (χ1n) is 10.1. The van der Waals surface area contributed by atoms with Crippen LogP contribution in [0.4, 0.5) is 5.13 Å². The van der Waals surface area contributed by atoms with Crippen LogP contribution in [0, 0.1) is 6.92 Å². The number of hydrogen-bond acceptors (Lipinski definition) is 4. The molecule has 2 heterocycles. The van der Waals surface area contributed by atoms with Crippen LogP contribution >= 0.6 is 22.9 Å². The Morgan fingerprint density at radius 1 is 1.06 bits per heavy atom. The standard InChI is InChI=1S/C25H24ClN3OS/c1-16-20(26)12-13-21-22(16)28-24(31-21)29(15-19-7-5-6-14-27-19)23(30)17-8-10-18(11-9-17)25(2,3)4/h5-14H,15H2,1-4H3. The molecule has 0 atom stereocenters. The van der Waals surface area contributed by atoms with Crippen LogP contribution in [-0.2, 0) is 12.0 Å². The normalized spacial score (nSPS) is 11.6. The SMILES string of the molecule is Cc1c(Cl)ccc2sc(N(Cc3ccccn3)C(=O)c3ccc(C(C)(C)C)cc3)nc12. The summed E-state index contributed by atoms with van der Waals surface area (Å²) in [6.07, 6.45) is 1.73. The molecule has 0 aliphatic heterocycles. The molecule has 4 nitrogen and oxygen atoms in total. The van der Waals surface area contributed by atoms with Crippen LogP contribution in [0.25, 0.3) is 10.2 Å². The fourth-order valence-electron chi connectivity index (χ4n) is 3.35. The zero-order chi connectivity index (χ0) is 22.2. The van der Waals surface area contributed by atoms with E-state index in [1.165, 1.54) is 16.9 Å². The molecule has 0 N–H and O–H groups in total. The van der Waals surface area contributed by atoms with Gasteiger partial charge in [0.1, 0.15) is 0 Å². The molecule has 2 aromatic carbocycles. The number of amides is 1. The maximum Gasteiger partial charge on any atom is 0.260 e. The second-order valence-electron chi connectivity index (χ2n) is 8.56. The summed E-state index contributed by atoms with van der Waals surface area (Å²) in [7, 11) is 0. The lowest BCUT2D eigenvalue weighted by Crippen LogP contribution is -2.30. The van der Waals surface area contributed by atoms with Crippen LogP contribution in [0.15, 0.2) is 60.8 Å². The van der Waals surface area contributed by atoms with E-state index < -0.39 is 0 Å². The van der Waals surface area contributed by atoms with Crippen molar-refractivity contribution >= 4 is 44.2 Å². The van der Waals surface area contributed by atoms with Crippen LogP contribution in [0.1, 0.15) is 48.0 Å². The third-order valence-electron chi connectivity index (χ3n) is 5.26. The number of carbonyl (C=O) groups excluding carboxylic acids is 1. The van der Waals surface area contributed by atoms with E-state index >= 15 is 0 Å². The first-order valence-corrected chi connectivity index (χ1v) is 11.3. The number of aryl methyl sites for hydroxylation is 1. The molecule has 4 rings (SSSR count). The van der Waals surface area contributed by atoms with Crippen molar-refractivity contribution < 1.29 is 4.79 Å². The van der Waals surface area contributed by atoms with E-state index in [2.05, 4.69) is 25.8 Å². The van der Waals surface area contributed by atoms with Crippen molar-refractivity contribution in [3.8, 4) is 0 Å². The number of benzene rings is 2. The number of anilines is 1. The van der Waals surface area contributed by atoms with Crippen molar-refractivity contribution in [2.45, 2.75) is 39.7 Å². The predicted octanol–water partition coefficient (Wildman–Crippen LogP) is 6.80. The van der Waals surface area contributed by atoms with Crippen LogP contribution in [-0.4, -0.2) is 15.9 Å². The van der Waals surface area contributed by atoms with Crippen LogP contribution in [0.3, 0.4) is 0 Å². The summed E-state index contributed by atoms with van der Waals surface area (Å²) in [4.78, 5) is 24.5. The van der Waals surface area contributed by atoms with Crippen molar-refractivity contribution in [1.29, 1.82) is 0 Å². The average Bonchev–Trinajstić information content (AvgIpc) is 3.19. The Morgan fingerprint density at radius 3 is 2.45 bits per heavy atom. The molecule has 4 aromatic rings. The number of fused-ring (bicyclic) bond motifs is 1. The van der Waals surface area contributed by atoms with Gasteiger partial charge in [-0.2, -0.15) is 0 Å². The van der Waals surface area contributed by atoms with Gasteiger partial charge in [-0.05, 0) is 59.9 Å². The topological polar surface area (TPSA) is 46.1 Å². The molecule has 0 fully saturated rings. The Bertz CT molecular complexity index is 1230. The monoisotopic (exact) mass is 449 g/mol. The summed E-state index contributed by atoms with van der Waals surface area (Å²) in [6, 6.07) is 17.4. The molecule has 0 radical (unpaired) electrons. The van der Waals surface area contributed by atoms with Gasteiger partial charge < -0.3 is 0 Å². The van der Waals surface area contributed by atoms with E-state index in [9.17, 15) is 4.79 Å². The van der Waals surface area contributed by atoms with Gasteiger partial charge in [-0.25, -0.2) is 4.98 Å². The van der Waals surface area contributed by atoms with Crippen molar-refractivity contribution in [2.24, 2.45) is 0 Å². The van der Waals surface area contributed by atoms with E-state index in [0.29, 0.717) is 22.3 Å². The maximum absolute atomic E-state index is 13.6. The first-order chi connectivity index (χ1) is 14.7. The number of hydrogen-bond donors (Lipinski definition) is 0. The van der Waals surface area contributed by atoms with E-state index in [0.717, 1.165) is 21.5 Å². The molecule has 2 aromatic heterocycles. The number of pyridine rings is 1. The molecule has 0 bridgehead atoms. The highest BCUT2D eigenvalue weighted by atomic mass is 35.5. The quantitative estimate of drug-likeness (QED) is 0.344. The number of nitrogens with zero attached hydrogens (tertiary/aromatic N) is 3. The van der Waals surface area contributed by atoms with Gasteiger partial charge >= 0.3 is 0 Å². The fourth-order valence-corrected chi connectivity index (χ4v) is 4.53. The Kier molecular flexibility index (Phi) is 5.82. The summed E-state index contributed by atoms with van der Waals surface area (Å²) in [5, 5.41) is 1.31. The summed E-state index contributed by atoms with van der Waals surface area (Å²) in [5.41, 5.74) is 4.38. The van der Waals surface area contributed by atoms with Gasteiger partial charge in [0, 0.05) is 16.8 Å². The minimum Gasteiger partial charge on any atom is -0.278 e. The Morgan fingerprint density at radius 2 is 1.81 bits per heavy atom. The van der Waals surface area contributed by atoms with Gasteiger partial charge in [-0.3, -0.25) is 14.7 Å². The number of carbonyl (C=O) groups is 1. The zero-order valence-electron chi connectivity index (χ0n) is 18.0. The van der Waals surface area contributed by atoms with Gasteiger partial charge in [0.15, 0.2) is 5.13 Å². The van der Waals surface area contributed by atoms with E-state index in [1.807, 2.05) is 61.5 Å². The van der Waals surface area contributed by atoms with Gasteiger partial charge in [0.05, 0.1) is 22.5 Å². The van der Waals surface area contributed by atoms with Crippen molar-refractivity contribution in [3.63, 3.8) is 0 Å². The molecule has 0 saturated carbocycles. The Balaban J connectivity index is 1.76. The summed E-state index contributed by atoms with van der Waals surface area (Å²) in [6.45, 7) is 8.76. The zero-order valence-corrected chi connectivity index (χ0v) is 19.6. The highest BCUT2D eigenvalue weighted by Gasteiger charge is 2.23. The smallest absolute Gasteiger partial charge is 0.260 e. The number of thiazole rings is 1. The molecule has 158 valence electrons. The van der Waals surface area contributed by atoms with Crippen LogP contribution in [0.2, 0.25) is 5.02 Å². The van der Waals surface area contributed by atoms with Crippen molar-refractivity contribution in [2.75, 3.05) is 4.90 Å². The Labute approximate surface area is 191 Å². The molecule has 0 aliphatic carbocycles. The van der Waals surface area contributed by atoms with Crippen molar-refractivity contribution in [1.82, 2.24) is 9.97 Å². The molecule has 0 aliphatic rings. The number of aromatic nitrogens is 2. The predicted molar refractivity (Wildman–Crippen MR) is 129 cm³/mol. The minimum atomic E-state index is -0.103. The fraction of sp³-hybridized carbons (Fsp3) is 0.240. The van der Waals surface area contributed by atoms with Crippen LogP contribution in [0.5, 0.6) is 0 Å². The highest BCUT2D eigenvalue weighted by Crippen LogP contribution is 2.35. The van der Waals surface area contributed by atoms with E-state index in [1.54, 1.807) is 11.1 Å². The molecule has 6 heteroatoms. The molecule has 1 amide bonds. The first kappa shape index (κ1) is 21.5. The van der Waals surface area contributed by atoms with Gasteiger partial charge in [0.2, 0.25) is 0 Å². The lowest BCUT2D eigenvalue weighted by Gasteiger charge is -2.21. The second-order valence-corrected chi connectivity index (χ2v) is 9.97. The summed E-state index contributed by atoms with van der Waals surface area (Å²) < 4.78 is 0.999. The molecule has 31 heavy (non-hydrogen) atoms. The summed E-state index contributed by atoms with van der Waals surface area (Å²) in [5.74, 6) is -0.103. The molecular weight excluding hydrogens is 426 g/mol. The van der Waals surface area contributed by atoms with Gasteiger partial charge in [-0.15, -0.1) is 0 Å². The van der Waals surface area contributed by atoms with E-state index in [-0.39, 0.29) is 11.3 Å².